The highest BCUT2D eigenvalue weighted by atomic mass is 16.5. The van der Waals surface area contributed by atoms with E-state index in [-0.39, 0.29) is 11.7 Å². The highest BCUT2D eigenvalue weighted by molar-refractivity contribution is 5.78. The van der Waals surface area contributed by atoms with Gasteiger partial charge in [-0.15, -0.1) is 0 Å². The van der Waals surface area contributed by atoms with Gasteiger partial charge in [0.2, 0.25) is 5.95 Å². The number of nitrogens with zero attached hydrogens (tertiary/aromatic N) is 1. The number of nitrogens with one attached hydrogen (secondary N) is 2. The molecule has 2 aromatic carbocycles. The maximum Gasteiger partial charge on any atom is 0.260 e. The number of hydrogen-bond acceptors (Lipinski definition) is 4. The molecule has 1 aliphatic rings. The van der Waals surface area contributed by atoms with Gasteiger partial charge in [0, 0.05) is 6.42 Å². The van der Waals surface area contributed by atoms with E-state index in [0.29, 0.717) is 23.4 Å². The van der Waals surface area contributed by atoms with E-state index in [9.17, 15) is 4.79 Å². The van der Waals surface area contributed by atoms with Crippen molar-refractivity contribution in [2.45, 2.75) is 12.5 Å². The Labute approximate surface area is 127 Å². The molecule has 0 saturated carbocycles. The second-order valence-electron chi connectivity index (χ2n) is 5.36. The standard InChI is InChI=1S/C17H15N3O2/c21-16-13-6-2-3-7-14(13)19-17(20-16)18-10-12-9-11-5-1-4-8-15(11)22-12/h1-8,12H,9-10H2,(H2,18,19,20,21). The second kappa shape index (κ2) is 5.18. The van der Waals surface area contributed by atoms with Crippen LogP contribution in [-0.4, -0.2) is 22.6 Å². The summed E-state index contributed by atoms with van der Waals surface area (Å²) in [6.45, 7) is 0.593. The lowest BCUT2D eigenvalue weighted by atomic mass is 10.1. The Morgan fingerprint density at radius 3 is 2.91 bits per heavy atom. The van der Waals surface area contributed by atoms with E-state index in [1.54, 1.807) is 6.07 Å². The van der Waals surface area contributed by atoms with E-state index < -0.39 is 0 Å². The lowest BCUT2D eigenvalue weighted by molar-refractivity contribution is 0.246. The second-order valence-corrected chi connectivity index (χ2v) is 5.36. The summed E-state index contributed by atoms with van der Waals surface area (Å²) in [7, 11) is 0. The molecule has 0 amide bonds. The monoisotopic (exact) mass is 293 g/mol. The van der Waals surface area contributed by atoms with Crippen LogP contribution in [-0.2, 0) is 6.42 Å². The predicted octanol–water partition coefficient (Wildman–Crippen LogP) is 2.34. The third kappa shape index (κ3) is 2.30. The van der Waals surface area contributed by atoms with Gasteiger partial charge in [-0.05, 0) is 23.8 Å². The van der Waals surface area contributed by atoms with E-state index in [4.69, 9.17) is 4.74 Å². The van der Waals surface area contributed by atoms with E-state index in [2.05, 4.69) is 21.4 Å². The van der Waals surface area contributed by atoms with Crippen molar-refractivity contribution in [1.82, 2.24) is 9.97 Å². The van der Waals surface area contributed by atoms with Crippen LogP contribution >= 0.6 is 0 Å². The first-order valence-electron chi connectivity index (χ1n) is 7.27. The third-order valence-electron chi connectivity index (χ3n) is 3.82. The van der Waals surface area contributed by atoms with E-state index >= 15 is 0 Å². The first kappa shape index (κ1) is 12.9. The molecule has 1 atom stereocenters. The third-order valence-corrected chi connectivity index (χ3v) is 3.82. The minimum absolute atomic E-state index is 0.0502. The average Bonchev–Trinajstić information content (AvgIpc) is 2.96. The van der Waals surface area contributed by atoms with Crippen LogP contribution in [0.3, 0.4) is 0 Å². The number of para-hydroxylation sites is 2. The Hall–Kier alpha value is -2.82. The zero-order chi connectivity index (χ0) is 14.9. The summed E-state index contributed by atoms with van der Waals surface area (Å²) in [5.74, 6) is 1.41. The van der Waals surface area contributed by atoms with Crippen molar-refractivity contribution in [3.05, 3.63) is 64.4 Å². The fourth-order valence-corrected chi connectivity index (χ4v) is 2.75. The summed E-state index contributed by atoms with van der Waals surface area (Å²) >= 11 is 0. The molecule has 1 aromatic heterocycles. The van der Waals surface area contributed by atoms with E-state index in [1.165, 1.54) is 5.56 Å². The minimum Gasteiger partial charge on any atom is -0.488 e. The Morgan fingerprint density at radius 2 is 2.00 bits per heavy atom. The molecule has 5 nitrogen and oxygen atoms in total. The minimum atomic E-state index is -0.135. The van der Waals surface area contributed by atoms with Gasteiger partial charge < -0.3 is 10.1 Å². The maximum atomic E-state index is 12.0. The van der Waals surface area contributed by atoms with Crippen molar-refractivity contribution in [2.75, 3.05) is 11.9 Å². The van der Waals surface area contributed by atoms with Crippen molar-refractivity contribution in [2.24, 2.45) is 0 Å². The quantitative estimate of drug-likeness (QED) is 0.778. The number of anilines is 1. The summed E-state index contributed by atoms with van der Waals surface area (Å²) in [6, 6.07) is 15.3. The van der Waals surface area contributed by atoms with Gasteiger partial charge in [-0.3, -0.25) is 9.78 Å². The van der Waals surface area contributed by atoms with Gasteiger partial charge in [0.25, 0.3) is 5.56 Å². The van der Waals surface area contributed by atoms with Crippen molar-refractivity contribution >= 4 is 16.9 Å². The number of aromatic nitrogens is 2. The lowest BCUT2D eigenvalue weighted by Gasteiger charge is -2.12. The van der Waals surface area contributed by atoms with Gasteiger partial charge in [-0.1, -0.05) is 30.3 Å². The molecule has 2 N–H and O–H groups in total. The number of fused-ring (bicyclic) bond motifs is 2. The predicted molar refractivity (Wildman–Crippen MR) is 85.4 cm³/mol. The van der Waals surface area contributed by atoms with Gasteiger partial charge in [-0.25, -0.2) is 4.98 Å². The summed E-state index contributed by atoms with van der Waals surface area (Å²) in [5, 5.41) is 3.76. The molecule has 0 fully saturated rings. The Morgan fingerprint density at radius 1 is 1.18 bits per heavy atom. The molecule has 22 heavy (non-hydrogen) atoms. The van der Waals surface area contributed by atoms with Crippen LogP contribution in [0.2, 0.25) is 0 Å². The molecule has 110 valence electrons. The average molecular weight is 293 g/mol. The first-order chi connectivity index (χ1) is 10.8. The molecular weight excluding hydrogens is 278 g/mol. The highest BCUT2D eigenvalue weighted by Crippen LogP contribution is 2.28. The summed E-state index contributed by atoms with van der Waals surface area (Å²) in [6.07, 6.45) is 0.912. The molecule has 5 heteroatoms. The van der Waals surface area contributed by atoms with Crippen LogP contribution in [0.4, 0.5) is 5.95 Å². The summed E-state index contributed by atoms with van der Waals surface area (Å²) in [4.78, 5) is 19.2. The van der Waals surface area contributed by atoms with Crippen molar-refractivity contribution in [3.63, 3.8) is 0 Å². The first-order valence-corrected chi connectivity index (χ1v) is 7.27. The number of aromatic amines is 1. The number of hydrogen-bond donors (Lipinski definition) is 2. The normalized spacial score (nSPS) is 16.3. The van der Waals surface area contributed by atoms with Crippen LogP contribution < -0.4 is 15.6 Å². The molecule has 4 rings (SSSR count). The largest absolute Gasteiger partial charge is 0.488 e. The van der Waals surface area contributed by atoms with Gasteiger partial charge in [-0.2, -0.15) is 0 Å². The topological polar surface area (TPSA) is 67.0 Å². The molecule has 0 aliphatic carbocycles. The summed E-state index contributed by atoms with van der Waals surface area (Å²) < 4.78 is 5.86. The van der Waals surface area contributed by atoms with Crippen LogP contribution in [0, 0.1) is 0 Å². The Balaban J connectivity index is 1.50. The number of ether oxygens (including phenoxy) is 1. The van der Waals surface area contributed by atoms with Crippen LogP contribution in [0.5, 0.6) is 5.75 Å². The van der Waals surface area contributed by atoms with Crippen LogP contribution in [0.1, 0.15) is 5.56 Å². The fourth-order valence-electron chi connectivity index (χ4n) is 2.75. The zero-order valence-electron chi connectivity index (χ0n) is 11.9. The molecule has 0 bridgehead atoms. The molecule has 0 spiro atoms. The van der Waals surface area contributed by atoms with Crippen molar-refractivity contribution in [1.29, 1.82) is 0 Å². The fraction of sp³-hybridized carbons (Fsp3) is 0.176. The molecule has 0 saturated heterocycles. The molecule has 0 radical (unpaired) electrons. The van der Waals surface area contributed by atoms with E-state index in [0.717, 1.165) is 12.2 Å². The van der Waals surface area contributed by atoms with Crippen molar-refractivity contribution in [3.8, 4) is 5.75 Å². The number of rotatable bonds is 3. The molecule has 1 aliphatic heterocycles. The molecule has 1 unspecified atom stereocenters. The van der Waals surface area contributed by atoms with Gasteiger partial charge in [0.1, 0.15) is 11.9 Å². The number of H-pyrrole nitrogens is 1. The van der Waals surface area contributed by atoms with E-state index in [1.807, 2.05) is 36.4 Å². The smallest absolute Gasteiger partial charge is 0.260 e. The van der Waals surface area contributed by atoms with Crippen LogP contribution in [0.25, 0.3) is 10.9 Å². The summed E-state index contributed by atoms with van der Waals surface area (Å²) in [5.41, 5.74) is 1.77. The van der Waals surface area contributed by atoms with Gasteiger partial charge in [0.15, 0.2) is 0 Å². The SMILES string of the molecule is O=c1[nH]c(NCC2Cc3ccccc3O2)nc2ccccc12. The van der Waals surface area contributed by atoms with Crippen molar-refractivity contribution < 1.29 is 4.74 Å². The van der Waals surface area contributed by atoms with Gasteiger partial charge in [0.05, 0.1) is 17.4 Å². The molecule has 3 aromatic rings. The molecular formula is C17H15N3O2. The Kier molecular flexibility index (Phi) is 3.04. The maximum absolute atomic E-state index is 12.0. The lowest BCUT2D eigenvalue weighted by Crippen LogP contribution is -2.25. The Bertz CT molecular complexity index is 863. The highest BCUT2D eigenvalue weighted by Gasteiger charge is 2.22. The zero-order valence-corrected chi connectivity index (χ0v) is 11.9. The van der Waals surface area contributed by atoms with Gasteiger partial charge >= 0.3 is 0 Å². The number of benzene rings is 2. The molecule has 2 heterocycles. The van der Waals surface area contributed by atoms with Crippen LogP contribution in [0.15, 0.2) is 53.3 Å².